The molecule has 114 valence electrons. The van der Waals surface area contributed by atoms with E-state index in [1.165, 1.54) is 0 Å². The maximum Gasteiger partial charge on any atom is 0.227 e. The lowest BCUT2D eigenvalue weighted by atomic mass is 10.1. The van der Waals surface area contributed by atoms with Crippen LogP contribution < -0.4 is 0 Å². The normalized spacial score (nSPS) is 28.5. The van der Waals surface area contributed by atoms with Gasteiger partial charge in [-0.15, -0.1) is 0 Å². The van der Waals surface area contributed by atoms with E-state index in [0.29, 0.717) is 24.6 Å². The number of hydrogen-bond acceptors (Lipinski definition) is 3. The first-order valence-corrected chi connectivity index (χ1v) is 7.81. The van der Waals surface area contributed by atoms with Crippen LogP contribution in [0, 0.1) is 5.92 Å². The highest BCUT2D eigenvalue weighted by molar-refractivity contribution is 6.30. The molecule has 5 heteroatoms. The summed E-state index contributed by atoms with van der Waals surface area (Å²) in [4.78, 5) is 14.5. The fourth-order valence-corrected chi connectivity index (χ4v) is 3.65. The largest absolute Gasteiger partial charge is 0.396 e. The molecule has 1 aliphatic heterocycles. The lowest BCUT2D eigenvalue weighted by Crippen LogP contribution is -2.51. The molecule has 1 aromatic rings. The molecule has 1 saturated heterocycles. The van der Waals surface area contributed by atoms with E-state index >= 15 is 0 Å². The Bertz CT molecular complexity index is 522. The molecule has 3 atom stereocenters. The van der Waals surface area contributed by atoms with E-state index < -0.39 is 0 Å². The van der Waals surface area contributed by atoms with Gasteiger partial charge in [-0.2, -0.15) is 0 Å². The predicted molar refractivity (Wildman–Crippen MR) is 80.2 cm³/mol. The van der Waals surface area contributed by atoms with Crippen LogP contribution in [-0.2, 0) is 16.0 Å². The van der Waals surface area contributed by atoms with E-state index in [1.807, 2.05) is 29.2 Å². The van der Waals surface area contributed by atoms with Crippen LogP contribution in [0.3, 0.4) is 0 Å². The molecular formula is C16H20ClNO3. The number of halogens is 1. The molecule has 1 aliphatic carbocycles. The number of aliphatic hydroxyl groups excluding tert-OH is 1. The summed E-state index contributed by atoms with van der Waals surface area (Å²) in [5, 5.41) is 9.98. The zero-order valence-corrected chi connectivity index (χ0v) is 12.6. The van der Waals surface area contributed by atoms with Gasteiger partial charge in [0.25, 0.3) is 0 Å². The molecule has 4 nitrogen and oxygen atoms in total. The summed E-state index contributed by atoms with van der Waals surface area (Å²) in [6, 6.07) is 7.55. The van der Waals surface area contributed by atoms with Gasteiger partial charge >= 0.3 is 0 Å². The Morgan fingerprint density at radius 3 is 3.05 bits per heavy atom. The topological polar surface area (TPSA) is 49.8 Å². The van der Waals surface area contributed by atoms with E-state index in [1.54, 1.807) is 0 Å². The maximum absolute atomic E-state index is 12.6. The van der Waals surface area contributed by atoms with Crippen LogP contribution in [0.4, 0.5) is 0 Å². The molecule has 0 spiro atoms. The number of rotatable bonds is 3. The van der Waals surface area contributed by atoms with Gasteiger partial charge in [-0.05, 0) is 36.5 Å². The van der Waals surface area contributed by atoms with Crippen molar-refractivity contribution in [3.8, 4) is 0 Å². The number of carbonyl (C=O) groups excluding carboxylic acids is 1. The Morgan fingerprint density at radius 2 is 2.29 bits per heavy atom. The minimum absolute atomic E-state index is 0.0826. The van der Waals surface area contributed by atoms with Crippen molar-refractivity contribution in [3.05, 3.63) is 34.9 Å². The molecule has 1 aromatic carbocycles. The SMILES string of the molecule is O=C(Cc1cccc(Cl)c1)N1CCOC2C[C@H](CO)C[C@@H]21. The van der Waals surface area contributed by atoms with Crippen LogP contribution in [0.25, 0.3) is 0 Å². The van der Waals surface area contributed by atoms with E-state index in [9.17, 15) is 9.90 Å². The van der Waals surface area contributed by atoms with Crippen LogP contribution >= 0.6 is 11.6 Å². The maximum atomic E-state index is 12.6. The van der Waals surface area contributed by atoms with Gasteiger partial charge in [-0.3, -0.25) is 4.79 Å². The summed E-state index contributed by atoms with van der Waals surface area (Å²) in [6.07, 6.45) is 2.14. The zero-order valence-electron chi connectivity index (χ0n) is 11.9. The molecule has 0 radical (unpaired) electrons. The first kappa shape index (κ1) is 14.8. The van der Waals surface area contributed by atoms with E-state index in [2.05, 4.69) is 0 Å². The van der Waals surface area contributed by atoms with Gasteiger partial charge in [0.1, 0.15) is 0 Å². The average molecular weight is 310 g/mol. The number of fused-ring (bicyclic) bond motifs is 1. The van der Waals surface area contributed by atoms with Crippen molar-refractivity contribution >= 4 is 17.5 Å². The fraction of sp³-hybridized carbons (Fsp3) is 0.562. The number of carbonyl (C=O) groups is 1. The third-order valence-electron chi connectivity index (χ3n) is 4.46. The Kier molecular flexibility index (Phi) is 4.48. The highest BCUT2D eigenvalue weighted by Crippen LogP contribution is 2.34. The van der Waals surface area contributed by atoms with Crippen molar-refractivity contribution in [2.45, 2.75) is 31.4 Å². The molecule has 21 heavy (non-hydrogen) atoms. The van der Waals surface area contributed by atoms with Crippen molar-refractivity contribution in [3.63, 3.8) is 0 Å². The van der Waals surface area contributed by atoms with Gasteiger partial charge < -0.3 is 14.7 Å². The van der Waals surface area contributed by atoms with Crippen LogP contribution in [-0.4, -0.2) is 47.8 Å². The predicted octanol–water partition coefficient (Wildman–Crippen LogP) is 1.88. The molecule has 3 rings (SSSR count). The summed E-state index contributed by atoms with van der Waals surface area (Å²) >= 11 is 5.97. The molecule has 1 saturated carbocycles. The fourth-order valence-electron chi connectivity index (χ4n) is 3.43. The first-order valence-electron chi connectivity index (χ1n) is 7.43. The lowest BCUT2D eigenvalue weighted by Gasteiger charge is -2.37. The van der Waals surface area contributed by atoms with Crippen molar-refractivity contribution in [1.82, 2.24) is 4.90 Å². The minimum atomic E-state index is 0.0826. The van der Waals surface area contributed by atoms with Gasteiger partial charge in [-0.25, -0.2) is 0 Å². The van der Waals surface area contributed by atoms with E-state index in [4.69, 9.17) is 16.3 Å². The monoisotopic (exact) mass is 309 g/mol. The molecule has 0 bridgehead atoms. The molecule has 1 heterocycles. The summed E-state index contributed by atoms with van der Waals surface area (Å²) in [6.45, 7) is 1.39. The molecule has 1 unspecified atom stereocenters. The average Bonchev–Trinajstić information content (AvgIpc) is 2.90. The van der Waals surface area contributed by atoms with Crippen molar-refractivity contribution in [2.24, 2.45) is 5.92 Å². The molecule has 0 aromatic heterocycles. The number of morpholine rings is 1. The van der Waals surface area contributed by atoms with Gasteiger partial charge in [0.2, 0.25) is 5.91 Å². The summed E-state index contributed by atoms with van der Waals surface area (Å²) < 4.78 is 5.76. The zero-order chi connectivity index (χ0) is 14.8. The third kappa shape index (κ3) is 3.23. The smallest absolute Gasteiger partial charge is 0.227 e. The standard InChI is InChI=1S/C16H20ClNO3/c17-13-3-1-2-11(6-13)9-16(20)18-4-5-21-15-8-12(10-19)7-14(15)18/h1-3,6,12,14-15,19H,4-5,7-10H2/t12-,14+,15?/m1/s1. The van der Waals surface area contributed by atoms with E-state index in [0.717, 1.165) is 18.4 Å². The van der Waals surface area contributed by atoms with Crippen molar-refractivity contribution in [2.75, 3.05) is 19.8 Å². The highest BCUT2D eigenvalue weighted by atomic mass is 35.5. The third-order valence-corrected chi connectivity index (χ3v) is 4.69. The Hall–Kier alpha value is -1.10. The van der Waals surface area contributed by atoms with Gasteiger partial charge in [-0.1, -0.05) is 23.7 Å². The Balaban J connectivity index is 1.69. The van der Waals surface area contributed by atoms with Crippen LogP contribution in [0.2, 0.25) is 5.02 Å². The number of ether oxygens (including phenoxy) is 1. The minimum Gasteiger partial charge on any atom is -0.396 e. The second-order valence-corrected chi connectivity index (χ2v) is 6.33. The Morgan fingerprint density at radius 1 is 1.43 bits per heavy atom. The van der Waals surface area contributed by atoms with Crippen LogP contribution in [0.1, 0.15) is 18.4 Å². The number of aliphatic hydroxyl groups is 1. The molecule has 2 aliphatic rings. The van der Waals surface area contributed by atoms with Crippen LogP contribution in [0.5, 0.6) is 0 Å². The van der Waals surface area contributed by atoms with Gasteiger partial charge in [0, 0.05) is 18.2 Å². The number of nitrogens with zero attached hydrogens (tertiary/aromatic N) is 1. The summed E-state index contributed by atoms with van der Waals surface area (Å²) in [5.74, 6) is 0.369. The summed E-state index contributed by atoms with van der Waals surface area (Å²) in [5.41, 5.74) is 0.937. The highest BCUT2D eigenvalue weighted by Gasteiger charge is 2.42. The number of amides is 1. The first-order chi connectivity index (χ1) is 10.2. The quantitative estimate of drug-likeness (QED) is 0.927. The van der Waals surface area contributed by atoms with Crippen LogP contribution in [0.15, 0.2) is 24.3 Å². The van der Waals surface area contributed by atoms with Crippen molar-refractivity contribution in [1.29, 1.82) is 0 Å². The second kappa shape index (κ2) is 6.34. The number of benzene rings is 1. The lowest BCUT2D eigenvalue weighted by molar-refractivity contribution is -0.143. The van der Waals surface area contributed by atoms with Crippen molar-refractivity contribution < 1.29 is 14.6 Å². The second-order valence-electron chi connectivity index (χ2n) is 5.89. The number of hydrogen-bond donors (Lipinski definition) is 1. The molecule has 2 fully saturated rings. The van der Waals surface area contributed by atoms with Gasteiger partial charge in [0.05, 0.1) is 25.2 Å². The molecule has 1 N–H and O–H groups in total. The molecular weight excluding hydrogens is 290 g/mol. The van der Waals surface area contributed by atoms with E-state index in [-0.39, 0.29) is 30.6 Å². The molecule has 1 amide bonds. The summed E-state index contributed by atoms with van der Waals surface area (Å²) in [7, 11) is 0. The van der Waals surface area contributed by atoms with Gasteiger partial charge in [0.15, 0.2) is 0 Å². The Labute approximate surface area is 129 Å².